The molecule has 1 unspecified atom stereocenters. The minimum Gasteiger partial charge on any atom is -0.355 e. The molecule has 1 aromatic rings. The second-order valence-electron chi connectivity index (χ2n) is 8.95. The van der Waals surface area contributed by atoms with Crippen LogP contribution in [-0.2, 0) is 24.3 Å². The molecule has 0 saturated heterocycles. The number of halogens is 1. The molecule has 170 valence electrons. The number of benzene rings is 1. The summed E-state index contributed by atoms with van der Waals surface area (Å²) in [6.07, 6.45) is 2.39. The second-order valence-corrected chi connectivity index (χ2v) is 11.9. The molecule has 0 amide bonds. The van der Waals surface area contributed by atoms with Gasteiger partial charge in [0, 0.05) is 43.5 Å². The monoisotopic (exact) mass is 459 g/mol. The molecule has 8 heteroatoms. The van der Waals surface area contributed by atoms with Crippen molar-refractivity contribution >= 4 is 27.4 Å². The van der Waals surface area contributed by atoms with Crippen LogP contribution in [0.15, 0.2) is 24.3 Å². The van der Waals surface area contributed by atoms with Crippen molar-refractivity contribution in [3.8, 4) is 0 Å². The van der Waals surface area contributed by atoms with Gasteiger partial charge in [-0.25, -0.2) is 13.1 Å². The number of hydrogen-bond acceptors (Lipinski definition) is 5. The van der Waals surface area contributed by atoms with Crippen molar-refractivity contribution in [2.45, 2.75) is 75.9 Å². The van der Waals surface area contributed by atoms with Gasteiger partial charge in [0.25, 0.3) is 0 Å². The Morgan fingerprint density at radius 3 is 2.27 bits per heavy atom. The Hall–Kier alpha value is -0.990. The zero-order chi connectivity index (χ0) is 22.5. The number of hydrogen-bond donors (Lipinski definition) is 1. The van der Waals surface area contributed by atoms with Crippen LogP contribution in [-0.4, -0.2) is 45.5 Å². The third-order valence-electron chi connectivity index (χ3n) is 5.80. The Bertz CT molecular complexity index is 809. The van der Waals surface area contributed by atoms with Crippen molar-refractivity contribution in [3.63, 3.8) is 0 Å². The van der Waals surface area contributed by atoms with Crippen LogP contribution in [0.3, 0.4) is 0 Å². The number of ketones is 1. The van der Waals surface area contributed by atoms with Crippen LogP contribution in [0.5, 0.6) is 0 Å². The molecule has 1 saturated carbocycles. The molecule has 0 aromatic heterocycles. The Kier molecular flexibility index (Phi) is 8.89. The number of ether oxygens (including phenoxy) is 2. The van der Waals surface area contributed by atoms with E-state index in [0.717, 1.165) is 5.56 Å². The number of sulfonamides is 1. The number of Topliss-reactive ketones (excluding diaryl/α,β-unsaturated/α-hetero) is 1. The molecule has 1 N–H and O–H groups in total. The fourth-order valence-corrected chi connectivity index (χ4v) is 5.07. The highest BCUT2D eigenvalue weighted by Gasteiger charge is 2.35. The maximum atomic E-state index is 13.1. The highest BCUT2D eigenvalue weighted by atomic mass is 35.5. The summed E-state index contributed by atoms with van der Waals surface area (Å²) >= 11 is 6.14. The number of nitrogens with one attached hydrogen (secondary N) is 1. The SMILES string of the molecule is COC(OC)C(CC(=O)C1CCC(NS(=O)(=O)C(C)(C)C)CC1)c1cccc(Cl)c1. The lowest BCUT2D eigenvalue weighted by Gasteiger charge is -2.32. The molecule has 0 bridgehead atoms. The maximum Gasteiger partial charge on any atom is 0.216 e. The van der Waals surface area contributed by atoms with Gasteiger partial charge < -0.3 is 9.47 Å². The minimum atomic E-state index is -3.39. The third-order valence-corrected chi connectivity index (χ3v) is 8.29. The molecule has 0 spiro atoms. The summed E-state index contributed by atoms with van der Waals surface area (Å²) in [5, 5.41) is 0.600. The van der Waals surface area contributed by atoms with Crippen molar-refractivity contribution in [2.75, 3.05) is 14.2 Å². The second kappa shape index (κ2) is 10.6. The van der Waals surface area contributed by atoms with Gasteiger partial charge in [-0.05, 0) is 64.2 Å². The highest BCUT2D eigenvalue weighted by Crippen LogP contribution is 2.33. The molecule has 0 aliphatic heterocycles. The molecule has 1 fully saturated rings. The zero-order valence-corrected chi connectivity index (χ0v) is 20.1. The first-order chi connectivity index (χ1) is 14.0. The van der Waals surface area contributed by atoms with Crippen molar-refractivity contribution < 1.29 is 22.7 Å². The Labute approximate surface area is 185 Å². The average Bonchev–Trinajstić information content (AvgIpc) is 2.67. The fraction of sp³-hybridized carbons (Fsp3) is 0.682. The molecule has 6 nitrogen and oxygen atoms in total. The van der Waals surface area contributed by atoms with E-state index in [2.05, 4.69) is 4.72 Å². The van der Waals surface area contributed by atoms with Crippen molar-refractivity contribution in [2.24, 2.45) is 5.92 Å². The lowest BCUT2D eigenvalue weighted by atomic mass is 9.80. The van der Waals surface area contributed by atoms with Crippen LogP contribution in [0.25, 0.3) is 0 Å². The number of carbonyl (C=O) groups excluding carboxylic acids is 1. The van der Waals surface area contributed by atoms with E-state index in [1.807, 2.05) is 18.2 Å². The Balaban J connectivity index is 2.02. The van der Waals surface area contributed by atoms with E-state index in [-0.39, 0.29) is 30.1 Å². The van der Waals surface area contributed by atoms with E-state index in [1.165, 1.54) is 0 Å². The van der Waals surface area contributed by atoms with E-state index < -0.39 is 21.1 Å². The number of carbonyl (C=O) groups is 1. The van der Waals surface area contributed by atoms with Crippen LogP contribution in [0.1, 0.15) is 64.4 Å². The summed E-state index contributed by atoms with van der Waals surface area (Å²) < 4.78 is 37.6. The molecule has 0 heterocycles. The van der Waals surface area contributed by atoms with E-state index in [4.69, 9.17) is 21.1 Å². The summed E-state index contributed by atoms with van der Waals surface area (Å²) in [5.74, 6) is -0.198. The number of rotatable bonds is 9. The average molecular weight is 460 g/mol. The molecule has 1 aliphatic rings. The molecule has 1 atom stereocenters. The summed E-state index contributed by atoms with van der Waals surface area (Å²) in [4.78, 5) is 13.1. The first-order valence-corrected chi connectivity index (χ1v) is 12.2. The topological polar surface area (TPSA) is 81.7 Å². The normalized spacial score (nSPS) is 21.6. The summed E-state index contributed by atoms with van der Waals surface area (Å²) in [7, 11) is -0.276. The van der Waals surface area contributed by atoms with E-state index >= 15 is 0 Å². The third kappa shape index (κ3) is 6.50. The standard InChI is InChI=1S/C22H34ClNO5S/c1-22(2,3)30(26,27)24-18-11-9-15(10-12-18)20(25)14-19(21(28-4)29-5)16-7-6-8-17(23)13-16/h6-8,13,15,18-19,21,24H,9-12,14H2,1-5H3. The molecule has 30 heavy (non-hydrogen) atoms. The van der Waals surface area contributed by atoms with Crippen molar-refractivity contribution in [1.82, 2.24) is 4.72 Å². The van der Waals surface area contributed by atoms with Gasteiger partial charge >= 0.3 is 0 Å². The van der Waals surface area contributed by atoms with Crippen LogP contribution in [0.2, 0.25) is 5.02 Å². The molecule has 2 rings (SSSR count). The van der Waals surface area contributed by atoms with E-state index in [9.17, 15) is 13.2 Å². The van der Waals surface area contributed by atoms with Crippen LogP contribution in [0.4, 0.5) is 0 Å². The summed E-state index contributed by atoms with van der Waals surface area (Å²) in [6, 6.07) is 7.28. The number of methoxy groups -OCH3 is 2. The first kappa shape index (κ1) is 25.3. The Morgan fingerprint density at radius 1 is 1.17 bits per heavy atom. The quantitative estimate of drug-likeness (QED) is 0.557. The van der Waals surface area contributed by atoms with E-state index in [1.54, 1.807) is 41.1 Å². The lowest BCUT2D eigenvalue weighted by Crippen LogP contribution is -2.46. The van der Waals surface area contributed by atoms with Gasteiger partial charge in [-0.1, -0.05) is 23.7 Å². The summed E-state index contributed by atoms with van der Waals surface area (Å²) in [6.45, 7) is 5.05. The van der Waals surface area contributed by atoms with Gasteiger partial charge in [0.1, 0.15) is 5.78 Å². The molecule has 0 radical (unpaired) electrons. The first-order valence-electron chi connectivity index (χ1n) is 10.3. The summed E-state index contributed by atoms with van der Waals surface area (Å²) in [5.41, 5.74) is 0.899. The molecular formula is C22H34ClNO5S. The fourth-order valence-electron chi connectivity index (χ4n) is 3.85. The minimum absolute atomic E-state index is 0.0866. The molecule has 1 aliphatic carbocycles. The predicted molar refractivity (Wildman–Crippen MR) is 119 cm³/mol. The van der Waals surface area contributed by atoms with Crippen LogP contribution < -0.4 is 4.72 Å². The maximum absolute atomic E-state index is 13.1. The highest BCUT2D eigenvalue weighted by molar-refractivity contribution is 7.90. The predicted octanol–water partition coefficient (Wildman–Crippen LogP) is 4.28. The van der Waals surface area contributed by atoms with Gasteiger partial charge in [-0.2, -0.15) is 0 Å². The molecule has 1 aromatic carbocycles. The smallest absolute Gasteiger partial charge is 0.216 e. The van der Waals surface area contributed by atoms with Crippen LogP contribution >= 0.6 is 11.6 Å². The van der Waals surface area contributed by atoms with Gasteiger partial charge in [0.05, 0.1) is 4.75 Å². The van der Waals surface area contributed by atoms with E-state index in [0.29, 0.717) is 30.7 Å². The molecular weight excluding hydrogens is 426 g/mol. The largest absolute Gasteiger partial charge is 0.355 e. The van der Waals surface area contributed by atoms with Gasteiger partial charge in [0.15, 0.2) is 6.29 Å². The van der Waals surface area contributed by atoms with Gasteiger partial charge in [0.2, 0.25) is 10.0 Å². The van der Waals surface area contributed by atoms with Crippen molar-refractivity contribution in [3.05, 3.63) is 34.9 Å². The van der Waals surface area contributed by atoms with Gasteiger partial charge in [-0.3, -0.25) is 4.79 Å². The zero-order valence-electron chi connectivity index (χ0n) is 18.5. The van der Waals surface area contributed by atoms with Gasteiger partial charge in [-0.15, -0.1) is 0 Å². The van der Waals surface area contributed by atoms with Crippen LogP contribution in [0, 0.1) is 5.92 Å². The van der Waals surface area contributed by atoms with Crippen molar-refractivity contribution in [1.29, 1.82) is 0 Å². The Morgan fingerprint density at radius 2 is 1.77 bits per heavy atom. The lowest BCUT2D eigenvalue weighted by molar-refractivity contribution is -0.136.